The van der Waals surface area contributed by atoms with Gasteiger partial charge < -0.3 is 15.8 Å². The number of halogens is 1. The molecule has 3 nitrogen and oxygen atoms in total. The highest BCUT2D eigenvalue weighted by molar-refractivity contribution is 9.10. The fraction of sp³-hybridized carbons (Fsp3) is 0.538. The van der Waals surface area contributed by atoms with Gasteiger partial charge in [-0.3, -0.25) is 0 Å². The normalized spacial score (nSPS) is 22.2. The predicted octanol–water partition coefficient (Wildman–Crippen LogP) is 2.46. The topological polar surface area (TPSA) is 47.3 Å². The summed E-state index contributed by atoms with van der Waals surface area (Å²) in [7, 11) is 1.69. The first-order valence-corrected chi connectivity index (χ1v) is 6.81. The molecule has 3 N–H and O–H groups in total. The van der Waals surface area contributed by atoms with Crippen molar-refractivity contribution in [2.75, 3.05) is 20.2 Å². The Morgan fingerprint density at radius 3 is 3.00 bits per heavy atom. The molecule has 0 bridgehead atoms. The zero-order valence-corrected chi connectivity index (χ0v) is 11.7. The number of methoxy groups -OCH3 is 1. The summed E-state index contributed by atoms with van der Waals surface area (Å²) in [5.74, 6) is 1.37. The summed E-state index contributed by atoms with van der Waals surface area (Å²) < 4.78 is 6.44. The Morgan fingerprint density at radius 1 is 1.53 bits per heavy atom. The SMILES string of the molecule is COc1ccc(Br)cc1C(N)C1CCCNC1. The van der Waals surface area contributed by atoms with Gasteiger partial charge in [0.2, 0.25) is 0 Å². The van der Waals surface area contributed by atoms with Crippen LogP contribution in [0.4, 0.5) is 0 Å². The smallest absolute Gasteiger partial charge is 0.123 e. The van der Waals surface area contributed by atoms with Crippen LogP contribution in [0, 0.1) is 5.92 Å². The number of hydrogen-bond acceptors (Lipinski definition) is 3. The first-order valence-electron chi connectivity index (χ1n) is 6.02. The zero-order chi connectivity index (χ0) is 12.3. The van der Waals surface area contributed by atoms with E-state index >= 15 is 0 Å². The maximum Gasteiger partial charge on any atom is 0.123 e. The van der Waals surface area contributed by atoms with Gasteiger partial charge in [0.25, 0.3) is 0 Å². The predicted molar refractivity (Wildman–Crippen MR) is 73.2 cm³/mol. The second-order valence-electron chi connectivity index (χ2n) is 4.52. The van der Waals surface area contributed by atoms with E-state index in [4.69, 9.17) is 10.5 Å². The lowest BCUT2D eigenvalue weighted by Crippen LogP contribution is -2.36. The van der Waals surface area contributed by atoms with Crippen LogP contribution >= 0.6 is 15.9 Å². The summed E-state index contributed by atoms with van der Waals surface area (Å²) in [6, 6.07) is 6.05. The van der Waals surface area contributed by atoms with Crippen LogP contribution in [0.2, 0.25) is 0 Å². The zero-order valence-electron chi connectivity index (χ0n) is 10.1. The second kappa shape index (κ2) is 5.85. The van der Waals surface area contributed by atoms with E-state index in [-0.39, 0.29) is 6.04 Å². The van der Waals surface area contributed by atoms with Gasteiger partial charge in [-0.15, -0.1) is 0 Å². The van der Waals surface area contributed by atoms with Gasteiger partial charge in [-0.2, -0.15) is 0 Å². The van der Waals surface area contributed by atoms with Crippen LogP contribution in [0.5, 0.6) is 5.75 Å². The number of nitrogens with one attached hydrogen (secondary N) is 1. The molecule has 0 spiro atoms. The van der Waals surface area contributed by atoms with Crippen LogP contribution < -0.4 is 15.8 Å². The molecule has 0 saturated carbocycles. The Morgan fingerprint density at radius 2 is 2.35 bits per heavy atom. The largest absolute Gasteiger partial charge is 0.496 e. The molecule has 2 unspecified atom stereocenters. The third kappa shape index (κ3) is 3.00. The molecule has 1 heterocycles. The lowest BCUT2D eigenvalue weighted by Gasteiger charge is -2.29. The molecule has 17 heavy (non-hydrogen) atoms. The molecule has 4 heteroatoms. The summed E-state index contributed by atoms with van der Waals surface area (Å²) in [6.07, 6.45) is 2.39. The number of benzene rings is 1. The van der Waals surface area contributed by atoms with Crippen molar-refractivity contribution in [3.05, 3.63) is 28.2 Å². The Balaban J connectivity index is 2.21. The highest BCUT2D eigenvalue weighted by atomic mass is 79.9. The van der Waals surface area contributed by atoms with Crippen molar-refractivity contribution in [1.29, 1.82) is 0 Å². The van der Waals surface area contributed by atoms with E-state index in [1.807, 2.05) is 12.1 Å². The minimum atomic E-state index is 0.0373. The van der Waals surface area contributed by atoms with Gasteiger partial charge in [0.05, 0.1) is 7.11 Å². The van der Waals surface area contributed by atoms with Gasteiger partial charge in [-0.25, -0.2) is 0 Å². The number of rotatable bonds is 3. The average Bonchev–Trinajstić information content (AvgIpc) is 2.39. The molecule has 1 aliphatic rings. The molecule has 2 rings (SSSR count). The fourth-order valence-corrected chi connectivity index (χ4v) is 2.78. The van der Waals surface area contributed by atoms with Crippen LogP contribution in [0.15, 0.2) is 22.7 Å². The molecular weight excluding hydrogens is 280 g/mol. The van der Waals surface area contributed by atoms with Crippen LogP contribution in [0.3, 0.4) is 0 Å². The second-order valence-corrected chi connectivity index (χ2v) is 5.43. The molecule has 0 aromatic heterocycles. The number of nitrogens with two attached hydrogens (primary N) is 1. The maximum atomic E-state index is 6.37. The summed E-state index contributed by atoms with van der Waals surface area (Å²) in [6.45, 7) is 2.11. The summed E-state index contributed by atoms with van der Waals surface area (Å²) in [4.78, 5) is 0. The third-order valence-electron chi connectivity index (χ3n) is 3.39. The minimum Gasteiger partial charge on any atom is -0.496 e. The molecule has 1 aromatic rings. The van der Waals surface area contributed by atoms with E-state index < -0.39 is 0 Å². The molecular formula is C13H19BrN2O. The van der Waals surface area contributed by atoms with E-state index in [0.29, 0.717) is 5.92 Å². The van der Waals surface area contributed by atoms with E-state index in [0.717, 1.165) is 28.9 Å². The Hall–Kier alpha value is -0.580. The molecule has 0 amide bonds. The highest BCUT2D eigenvalue weighted by Crippen LogP contribution is 2.33. The van der Waals surface area contributed by atoms with Gasteiger partial charge in [-0.1, -0.05) is 15.9 Å². The lowest BCUT2D eigenvalue weighted by molar-refractivity contribution is 0.317. The van der Waals surface area contributed by atoms with Gasteiger partial charge in [0, 0.05) is 16.1 Å². The van der Waals surface area contributed by atoms with E-state index in [2.05, 4.69) is 27.3 Å². The molecule has 1 aromatic carbocycles. The van der Waals surface area contributed by atoms with Gasteiger partial charge in [-0.05, 0) is 50.0 Å². The van der Waals surface area contributed by atoms with E-state index in [9.17, 15) is 0 Å². The Bertz CT molecular complexity index is 378. The summed E-state index contributed by atoms with van der Waals surface area (Å²) >= 11 is 3.49. The molecule has 0 radical (unpaired) electrons. The monoisotopic (exact) mass is 298 g/mol. The number of piperidine rings is 1. The van der Waals surface area contributed by atoms with Crippen molar-refractivity contribution in [3.8, 4) is 5.75 Å². The standard InChI is InChI=1S/C13H19BrN2O/c1-17-12-5-4-10(14)7-11(12)13(15)9-3-2-6-16-8-9/h4-5,7,9,13,16H,2-3,6,8,15H2,1H3. The third-order valence-corrected chi connectivity index (χ3v) is 3.89. The van der Waals surface area contributed by atoms with Gasteiger partial charge in [0.15, 0.2) is 0 Å². The quantitative estimate of drug-likeness (QED) is 0.901. The maximum absolute atomic E-state index is 6.37. The van der Waals surface area contributed by atoms with E-state index in [1.165, 1.54) is 12.8 Å². The van der Waals surface area contributed by atoms with Crippen LogP contribution in [-0.4, -0.2) is 20.2 Å². The molecule has 2 atom stereocenters. The average molecular weight is 299 g/mol. The Labute approximate surface area is 111 Å². The van der Waals surface area contributed by atoms with Crippen molar-refractivity contribution in [3.63, 3.8) is 0 Å². The molecule has 0 aliphatic carbocycles. The van der Waals surface area contributed by atoms with Crippen molar-refractivity contribution >= 4 is 15.9 Å². The summed E-state index contributed by atoms with van der Waals surface area (Å²) in [5.41, 5.74) is 7.47. The van der Waals surface area contributed by atoms with Crippen molar-refractivity contribution < 1.29 is 4.74 Å². The lowest BCUT2D eigenvalue weighted by atomic mass is 9.87. The van der Waals surface area contributed by atoms with Crippen molar-refractivity contribution in [2.45, 2.75) is 18.9 Å². The summed E-state index contributed by atoms with van der Waals surface area (Å²) in [5, 5.41) is 3.41. The van der Waals surface area contributed by atoms with Crippen LogP contribution in [0.1, 0.15) is 24.4 Å². The van der Waals surface area contributed by atoms with Crippen molar-refractivity contribution in [1.82, 2.24) is 5.32 Å². The fourth-order valence-electron chi connectivity index (χ4n) is 2.40. The minimum absolute atomic E-state index is 0.0373. The molecule has 1 saturated heterocycles. The number of hydrogen-bond donors (Lipinski definition) is 2. The van der Waals surface area contributed by atoms with Crippen LogP contribution in [-0.2, 0) is 0 Å². The number of ether oxygens (including phenoxy) is 1. The van der Waals surface area contributed by atoms with Crippen molar-refractivity contribution in [2.24, 2.45) is 11.7 Å². The van der Waals surface area contributed by atoms with E-state index in [1.54, 1.807) is 7.11 Å². The first kappa shape index (κ1) is 12.9. The van der Waals surface area contributed by atoms with Crippen LogP contribution in [0.25, 0.3) is 0 Å². The van der Waals surface area contributed by atoms with Gasteiger partial charge >= 0.3 is 0 Å². The molecule has 94 valence electrons. The highest BCUT2D eigenvalue weighted by Gasteiger charge is 2.24. The Kier molecular flexibility index (Phi) is 4.42. The molecule has 1 aliphatic heterocycles. The van der Waals surface area contributed by atoms with Gasteiger partial charge in [0.1, 0.15) is 5.75 Å². The first-order chi connectivity index (χ1) is 8.22. The molecule has 1 fully saturated rings.